The lowest BCUT2D eigenvalue weighted by Gasteiger charge is -2.30. The van der Waals surface area contributed by atoms with Gasteiger partial charge in [0.05, 0.1) is 25.5 Å². The van der Waals surface area contributed by atoms with Gasteiger partial charge in [0.25, 0.3) is 5.91 Å². The van der Waals surface area contributed by atoms with Crippen molar-refractivity contribution < 1.29 is 18.7 Å². The van der Waals surface area contributed by atoms with Crippen LogP contribution in [0.15, 0.2) is 54.7 Å². The lowest BCUT2D eigenvalue weighted by molar-refractivity contribution is 0.0731. The first-order valence-corrected chi connectivity index (χ1v) is 10.7. The van der Waals surface area contributed by atoms with Gasteiger partial charge in [-0.3, -0.25) is 4.79 Å². The zero-order valence-electron chi connectivity index (χ0n) is 17.5. The smallest absolute Gasteiger partial charge is 0.254 e. The average Bonchev–Trinajstić information content (AvgIpc) is 2.85. The molecule has 3 heterocycles. The maximum absolute atomic E-state index is 13.2. The third kappa shape index (κ3) is 4.40. The topological polar surface area (TPSA) is 67.8 Å². The predicted molar refractivity (Wildman–Crippen MR) is 116 cm³/mol. The molecule has 8 heteroatoms. The summed E-state index contributed by atoms with van der Waals surface area (Å²) in [5.41, 5.74) is 2.51. The number of nitrogens with zero attached hydrogens (tertiary/aromatic N) is 4. The maximum atomic E-state index is 13.2. The van der Waals surface area contributed by atoms with Gasteiger partial charge in [-0.25, -0.2) is 14.4 Å². The normalized spacial score (nSPS) is 15.9. The van der Waals surface area contributed by atoms with Gasteiger partial charge in [0.1, 0.15) is 17.3 Å². The highest BCUT2D eigenvalue weighted by Gasteiger charge is 2.25. The fourth-order valence-electron chi connectivity index (χ4n) is 3.90. The quantitative estimate of drug-likeness (QED) is 0.627. The van der Waals surface area contributed by atoms with Gasteiger partial charge in [0.15, 0.2) is 0 Å². The van der Waals surface area contributed by atoms with E-state index in [2.05, 4.69) is 9.88 Å². The number of hydrogen-bond acceptors (Lipinski definition) is 6. The Bertz CT molecular complexity index is 1120. The second kappa shape index (κ2) is 8.92. The molecule has 1 saturated heterocycles. The summed E-state index contributed by atoms with van der Waals surface area (Å²) in [6.07, 6.45) is 2.60. The van der Waals surface area contributed by atoms with E-state index in [1.165, 1.54) is 12.1 Å². The summed E-state index contributed by atoms with van der Waals surface area (Å²) in [6, 6.07) is 12.8. The molecule has 2 aliphatic rings. The van der Waals surface area contributed by atoms with Gasteiger partial charge >= 0.3 is 0 Å². The highest BCUT2D eigenvalue weighted by Crippen LogP contribution is 2.25. The standard InChI is InChI=1S/C24H23FN4O3/c25-19-4-6-20(7-5-19)32-21-3-1-2-17(14-21)23(30)29-9-8-18-15-26-24(27-22(18)16-29)28-10-12-31-13-11-28/h1-7,14-15H,8-13,16H2. The van der Waals surface area contributed by atoms with Crippen LogP contribution in [0.4, 0.5) is 10.3 Å². The zero-order valence-corrected chi connectivity index (χ0v) is 17.5. The summed E-state index contributed by atoms with van der Waals surface area (Å²) in [5, 5.41) is 0. The Kier molecular flexibility index (Phi) is 5.68. The van der Waals surface area contributed by atoms with Crippen LogP contribution in [0.2, 0.25) is 0 Å². The highest BCUT2D eigenvalue weighted by atomic mass is 19.1. The SMILES string of the molecule is O=C(c1cccc(Oc2ccc(F)cc2)c1)N1CCc2cnc(N3CCOCC3)nc2C1. The lowest BCUT2D eigenvalue weighted by Crippen LogP contribution is -2.39. The summed E-state index contributed by atoms with van der Waals surface area (Å²) < 4.78 is 24.3. The molecule has 5 rings (SSSR count). The molecule has 7 nitrogen and oxygen atoms in total. The van der Waals surface area contributed by atoms with Crippen LogP contribution in [0.5, 0.6) is 11.5 Å². The fourth-order valence-corrected chi connectivity index (χ4v) is 3.90. The predicted octanol–water partition coefficient (Wildman–Crippen LogP) is 3.44. The molecule has 1 fully saturated rings. The molecule has 3 aromatic rings. The third-order valence-corrected chi connectivity index (χ3v) is 5.64. The van der Waals surface area contributed by atoms with E-state index >= 15 is 0 Å². The molecule has 2 aliphatic heterocycles. The maximum Gasteiger partial charge on any atom is 0.254 e. The number of carbonyl (C=O) groups is 1. The summed E-state index contributed by atoms with van der Waals surface area (Å²) >= 11 is 0. The van der Waals surface area contributed by atoms with Crippen LogP contribution in [0.1, 0.15) is 21.6 Å². The zero-order chi connectivity index (χ0) is 21.9. The van der Waals surface area contributed by atoms with E-state index < -0.39 is 0 Å². The van der Waals surface area contributed by atoms with Crippen LogP contribution in [0.25, 0.3) is 0 Å². The summed E-state index contributed by atoms with van der Waals surface area (Å²) in [6.45, 7) is 3.92. The molecule has 2 aromatic carbocycles. The van der Waals surface area contributed by atoms with Crippen LogP contribution in [-0.4, -0.2) is 53.6 Å². The number of hydrogen-bond donors (Lipinski definition) is 0. The van der Waals surface area contributed by atoms with Crippen molar-refractivity contribution in [3.05, 3.63) is 77.4 Å². The van der Waals surface area contributed by atoms with E-state index in [1.807, 2.05) is 6.20 Å². The second-order valence-electron chi connectivity index (χ2n) is 7.80. The Morgan fingerprint density at radius 1 is 1.03 bits per heavy atom. The van der Waals surface area contributed by atoms with E-state index in [1.54, 1.807) is 41.3 Å². The number of benzene rings is 2. The Morgan fingerprint density at radius 3 is 2.66 bits per heavy atom. The number of halogens is 1. The number of ether oxygens (including phenoxy) is 2. The molecule has 0 unspecified atom stereocenters. The van der Waals surface area contributed by atoms with Gasteiger partial charge in [-0.05, 0) is 54.4 Å². The van der Waals surface area contributed by atoms with Crippen molar-refractivity contribution in [2.24, 2.45) is 0 Å². The molecule has 0 aliphatic carbocycles. The minimum Gasteiger partial charge on any atom is -0.457 e. The number of amides is 1. The lowest BCUT2D eigenvalue weighted by atomic mass is 10.1. The van der Waals surface area contributed by atoms with Crippen molar-refractivity contribution in [2.45, 2.75) is 13.0 Å². The molecule has 0 N–H and O–H groups in total. The Morgan fingerprint density at radius 2 is 1.84 bits per heavy atom. The van der Waals surface area contributed by atoms with Gasteiger partial charge in [-0.2, -0.15) is 0 Å². The average molecular weight is 434 g/mol. The van der Waals surface area contributed by atoms with Crippen LogP contribution in [0, 0.1) is 5.82 Å². The minimum absolute atomic E-state index is 0.0771. The monoisotopic (exact) mass is 434 g/mol. The number of morpholine rings is 1. The molecule has 0 bridgehead atoms. The largest absolute Gasteiger partial charge is 0.457 e. The van der Waals surface area contributed by atoms with Crippen molar-refractivity contribution in [3.8, 4) is 11.5 Å². The molecule has 1 amide bonds. The number of fused-ring (bicyclic) bond motifs is 1. The van der Waals surface area contributed by atoms with Crippen molar-refractivity contribution in [3.63, 3.8) is 0 Å². The molecule has 0 spiro atoms. The molecular formula is C24H23FN4O3. The van der Waals surface area contributed by atoms with Crippen molar-refractivity contribution >= 4 is 11.9 Å². The molecule has 0 saturated carbocycles. The minimum atomic E-state index is -0.327. The van der Waals surface area contributed by atoms with Gasteiger partial charge in [0.2, 0.25) is 5.95 Å². The van der Waals surface area contributed by atoms with E-state index in [-0.39, 0.29) is 11.7 Å². The Hall–Kier alpha value is -3.52. The van der Waals surface area contributed by atoms with Crippen LogP contribution < -0.4 is 9.64 Å². The van der Waals surface area contributed by atoms with Crippen molar-refractivity contribution in [1.29, 1.82) is 0 Å². The van der Waals surface area contributed by atoms with Crippen LogP contribution in [0.3, 0.4) is 0 Å². The van der Waals surface area contributed by atoms with Gasteiger partial charge in [-0.1, -0.05) is 6.07 Å². The van der Waals surface area contributed by atoms with Gasteiger partial charge in [0, 0.05) is 31.4 Å². The third-order valence-electron chi connectivity index (χ3n) is 5.64. The first-order valence-electron chi connectivity index (χ1n) is 10.7. The molecule has 0 radical (unpaired) electrons. The Labute approximate surface area is 185 Å². The molecular weight excluding hydrogens is 411 g/mol. The Balaban J connectivity index is 1.31. The summed E-state index contributed by atoms with van der Waals surface area (Å²) in [4.78, 5) is 26.4. The molecule has 0 atom stereocenters. The van der Waals surface area contributed by atoms with E-state index in [9.17, 15) is 9.18 Å². The van der Waals surface area contributed by atoms with E-state index in [0.717, 1.165) is 30.8 Å². The first kappa shape index (κ1) is 20.4. The number of anilines is 1. The molecule has 1 aromatic heterocycles. The molecule has 32 heavy (non-hydrogen) atoms. The number of carbonyl (C=O) groups excluding carboxylic acids is 1. The number of rotatable bonds is 4. The first-order chi connectivity index (χ1) is 15.7. The fraction of sp³-hybridized carbons (Fsp3) is 0.292. The van der Waals surface area contributed by atoms with Crippen molar-refractivity contribution in [2.75, 3.05) is 37.7 Å². The summed E-state index contributed by atoms with van der Waals surface area (Å²) in [7, 11) is 0. The summed E-state index contributed by atoms with van der Waals surface area (Å²) in [5.74, 6) is 1.32. The van der Waals surface area contributed by atoms with Crippen LogP contribution >= 0.6 is 0 Å². The van der Waals surface area contributed by atoms with E-state index in [4.69, 9.17) is 14.5 Å². The van der Waals surface area contributed by atoms with Crippen LogP contribution in [-0.2, 0) is 17.7 Å². The highest BCUT2D eigenvalue weighted by molar-refractivity contribution is 5.94. The molecule has 164 valence electrons. The van der Waals surface area contributed by atoms with Gasteiger partial charge < -0.3 is 19.3 Å². The van der Waals surface area contributed by atoms with Gasteiger partial charge in [-0.15, -0.1) is 0 Å². The van der Waals surface area contributed by atoms with E-state index in [0.29, 0.717) is 49.3 Å². The number of aromatic nitrogens is 2. The van der Waals surface area contributed by atoms with Crippen molar-refractivity contribution in [1.82, 2.24) is 14.9 Å². The second-order valence-corrected chi connectivity index (χ2v) is 7.80.